The molecule has 0 spiro atoms. The van der Waals surface area contributed by atoms with Crippen molar-refractivity contribution in [3.05, 3.63) is 24.3 Å². The van der Waals surface area contributed by atoms with E-state index in [1.54, 1.807) is 0 Å². The molecular formula is C17H31GeN2OSi. The number of benzene rings is 1. The summed E-state index contributed by atoms with van der Waals surface area (Å²) in [6.07, 6.45) is 0. The molecule has 3 nitrogen and oxygen atoms in total. The zero-order valence-corrected chi connectivity index (χ0v) is 18.3. The van der Waals surface area contributed by atoms with Crippen LogP contribution in [0.4, 0.5) is 11.4 Å². The minimum absolute atomic E-state index is 0.653. The maximum atomic E-state index is 6.77. The van der Waals surface area contributed by atoms with Gasteiger partial charge in [0.1, 0.15) is 0 Å². The van der Waals surface area contributed by atoms with Crippen LogP contribution in [0.1, 0.15) is 27.7 Å². The van der Waals surface area contributed by atoms with Crippen LogP contribution in [0.25, 0.3) is 0 Å². The summed E-state index contributed by atoms with van der Waals surface area (Å²) in [5.41, 5.74) is 2.79. The fourth-order valence-electron chi connectivity index (χ4n) is 2.74. The quantitative estimate of drug-likeness (QED) is 0.678. The average molecular weight is 380 g/mol. The summed E-state index contributed by atoms with van der Waals surface area (Å²) < 4.78 is 12.0. The van der Waals surface area contributed by atoms with Crippen LogP contribution < -0.4 is 7.71 Å². The van der Waals surface area contributed by atoms with Crippen molar-refractivity contribution in [2.75, 3.05) is 20.8 Å². The van der Waals surface area contributed by atoms with Gasteiger partial charge in [-0.1, -0.05) is 0 Å². The molecule has 22 heavy (non-hydrogen) atoms. The van der Waals surface area contributed by atoms with Crippen LogP contribution in [-0.2, 0) is 3.45 Å². The predicted octanol–water partition coefficient (Wildman–Crippen LogP) is 4.46. The Morgan fingerprint density at radius 2 is 1.32 bits per heavy atom. The zero-order valence-electron chi connectivity index (χ0n) is 15.2. The molecule has 0 aromatic heterocycles. The first-order valence-corrected chi connectivity index (χ1v) is 14.5. The van der Waals surface area contributed by atoms with Crippen molar-refractivity contribution in [2.24, 2.45) is 11.8 Å². The molecule has 0 amide bonds. The maximum absolute atomic E-state index is 6.77. The van der Waals surface area contributed by atoms with Gasteiger partial charge in [0.2, 0.25) is 0 Å². The van der Waals surface area contributed by atoms with Gasteiger partial charge in [-0.05, 0) is 0 Å². The second kappa shape index (κ2) is 6.97. The molecule has 1 aliphatic rings. The number of nitrogens with zero attached hydrogens (tertiary/aromatic N) is 2. The van der Waals surface area contributed by atoms with E-state index in [0.717, 1.165) is 13.1 Å². The SMILES string of the molecule is CC(C)C[N]1c2ccccc2[N](CC(C)C)[Ge]1[O][Si](C)(C)C. The third-order valence-electron chi connectivity index (χ3n) is 3.42. The molecule has 1 aromatic rings. The van der Waals surface area contributed by atoms with Crippen LogP contribution in [-0.4, -0.2) is 36.5 Å². The zero-order chi connectivity index (χ0) is 16.5. The summed E-state index contributed by atoms with van der Waals surface area (Å²) in [7, 11) is -1.56. The molecule has 0 unspecified atom stereocenters. The number of fused-ring (bicyclic) bond motifs is 1. The van der Waals surface area contributed by atoms with Gasteiger partial charge in [0.05, 0.1) is 0 Å². The molecule has 0 atom stereocenters. The van der Waals surface area contributed by atoms with E-state index >= 15 is 0 Å². The van der Waals surface area contributed by atoms with Gasteiger partial charge in [0.25, 0.3) is 0 Å². The van der Waals surface area contributed by atoms with E-state index in [0.29, 0.717) is 11.8 Å². The first-order valence-electron chi connectivity index (χ1n) is 8.39. The molecule has 1 aromatic carbocycles. The molecule has 1 heterocycles. The Morgan fingerprint density at radius 1 is 0.909 bits per heavy atom. The van der Waals surface area contributed by atoms with Gasteiger partial charge in [-0.3, -0.25) is 0 Å². The summed E-state index contributed by atoms with van der Waals surface area (Å²) >= 11 is -1.94. The van der Waals surface area contributed by atoms with E-state index in [1.807, 2.05) is 0 Å². The van der Waals surface area contributed by atoms with Gasteiger partial charge < -0.3 is 0 Å². The van der Waals surface area contributed by atoms with E-state index in [1.165, 1.54) is 11.4 Å². The molecule has 123 valence electrons. The Labute approximate surface area is 142 Å². The van der Waals surface area contributed by atoms with Crippen molar-refractivity contribution in [3.8, 4) is 0 Å². The van der Waals surface area contributed by atoms with Gasteiger partial charge in [-0.15, -0.1) is 0 Å². The fourth-order valence-corrected chi connectivity index (χ4v) is 12.8. The van der Waals surface area contributed by atoms with Crippen molar-refractivity contribution < 1.29 is 3.45 Å². The van der Waals surface area contributed by atoms with Gasteiger partial charge in [-0.25, -0.2) is 0 Å². The fraction of sp³-hybridized carbons (Fsp3) is 0.647. The van der Waals surface area contributed by atoms with Crippen molar-refractivity contribution in [3.63, 3.8) is 0 Å². The topological polar surface area (TPSA) is 15.7 Å². The molecular weight excluding hydrogens is 349 g/mol. The second-order valence-electron chi connectivity index (χ2n) is 7.99. The molecule has 0 saturated heterocycles. The summed E-state index contributed by atoms with van der Waals surface area (Å²) in [6.45, 7) is 18.4. The number of rotatable bonds is 6. The molecule has 1 aliphatic heterocycles. The van der Waals surface area contributed by atoms with Crippen molar-refractivity contribution in [1.82, 2.24) is 0 Å². The third-order valence-corrected chi connectivity index (χ3v) is 12.9. The second-order valence-corrected chi connectivity index (χ2v) is 17.2. The van der Waals surface area contributed by atoms with Crippen LogP contribution in [0.3, 0.4) is 0 Å². The minimum atomic E-state index is -1.94. The first-order chi connectivity index (χ1) is 10.2. The standard InChI is InChI=1S/C17H31GeN2OSi/c1-14(2)12-19-16-10-8-9-11-17(16)20(13-15(3)4)18(19)21-22(5,6)7/h8-11,14-15H,12-13H2,1-7H3. The van der Waals surface area contributed by atoms with Gasteiger partial charge in [0.15, 0.2) is 0 Å². The summed E-state index contributed by atoms with van der Waals surface area (Å²) in [6, 6.07) is 8.88. The molecule has 0 aliphatic carbocycles. The predicted molar refractivity (Wildman–Crippen MR) is 101 cm³/mol. The summed E-state index contributed by atoms with van der Waals surface area (Å²) in [5.74, 6) is 1.31. The van der Waals surface area contributed by atoms with E-state index in [4.69, 9.17) is 3.45 Å². The van der Waals surface area contributed by atoms with Crippen LogP contribution in [0.5, 0.6) is 0 Å². The summed E-state index contributed by atoms with van der Waals surface area (Å²) in [4.78, 5) is 0. The Morgan fingerprint density at radius 3 is 1.64 bits per heavy atom. The molecule has 0 N–H and O–H groups in total. The number of para-hydroxylation sites is 2. The molecule has 0 saturated carbocycles. The van der Waals surface area contributed by atoms with Crippen molar-refractivity contribution >= 4 is 34.8 Å². The van der Waals surface area contributed by atoms with E-state index in [9.17, 15) is 0 Å². The van der Waals surface area contributed by atoms with Crippen molar-refractivity contribution in [1.29, 1.82) is 0 Å². The monoisotopic (exact) mass is 381 g/mol. The van der Waals surface area contributed by atoms with Gasteiger partial charge in [-0.2, -0.15) is 0 Å². The van der Waals surface area contributed by atoms with E-state index < -0.39 is 23.4 Å². The van der Waals surface area contributed by atoms with E-state index in [-0.39, 0.29) is 0 Å². The van der Waals surface area contributed by atoms with Crippen LogP contribution >= 0.6 is 0 Å². The van der Waals surface area contributed by atoms with E-state index in [2.05, 4.69) is 79.3 Å². The normalized spacial score (nSPS) is 16.0. The molecule has 0 bridgehead atoms. The van der Waals surface area contributed by atoms with Crippen LogP contribution in [0, 0.1) is 11.8 Å². The van der Waals surface area contributed by atoms with Crippen LogP contribution in [0.15, 0.2) is 24.3 Å². The van der Waals surface area contributed by atoms with Crippen LogP contribution in [0.2, 0.25) is 19.6 Å². The Hall–Kier alpha value is -0.460. The molecule has 0 fully saturated rings. The summed E-state index contributed by atoms with van der Waals surface area (Å²) in [5, 5.41) is 0. The average Bonchev–Trinajstić information content (AvgIpc) is 2.62. The van der Waals surface area contributed by atoms with Gasteiger partial charge >= 0.3 is 143 Å². The Kier molecular flexibility index (Phi) is 5.67. The number of anilines is 2. The van der Waals surface area contributed by atoms with Crippen molar-refractivity contribution in [2.45, 2.75) is 47.3 Å². The Balaban J connectivity index is 2.40. The number of hydrogen-bond acceptors (Lipinski definition) is 3. The molecule has 5 heteroatoms. The molecule has 1 radical (unpaired) electrons. The molecule has 2 rings (SSSR count). The van der Waals surface area contributed by atoms with Gasteiger partial charge in [0, 0.05) is 0 Å². The Bertz CT molecular complexity index is 465. The third kappa shape index (κ3) is 4.30. The number of hydrogen-bond donors (Lipinski definition) is 0. The first kappa shape index (κ1) is 17.9.